The molecule has 0 aliphatic carbocycles. The third-order valence-corrected chi connectivity index (χ3v) is 2.44. The zero-order valence-corrected chi connectivity index (χ0v) is 9.17. The van der Waals surface area contributed by atoms with Gasteiger partial charge in [-0.15, -0.1) is 0 Å². The number of rotatable bonds is 3. The molecule has 82 valence electrons. The summed E-state index contributed by atoms with van der Waals surface area (Å²) in [4.78, 5) is 35.2. The second-order valence-corrected chi connectivity index (χ2v) is 3.90. The Kier molecular flexibility index (Phi) is 2.86. The molecule has 0 amide bonds. The molecular formula is C9H8N4O2S. The van der Waals surface area contributed by atoms with E-state index in [-0.39, 0.29) is 11.3 Å². The number of thioether (sulfide) groups is 1. The number of allylic oxidation sites excluding steroid dienone is 1. The van der Waals surface area contributed by atoms with Gasteiger partial charge in [0.2, 0.25) is 0 Å². The summed E-state index contributed by atoms with van der Waals surface area (Å²) < 4.78 is 0. The van der Waals surface area contributed by atoms with Gasteiger partial charge in [0.1, 0.15) is 0 Å². The number of H-pyrrole nitrogens is 2. The summed E-state index contributed by atoms with van der Waals surface area (Å²) in [6.07, 6.45) is 2.72. The van der Waals surface area contributed by atoms with Crippen molar-refractivity contribution in [1.82, 2.24) is 19.9 Å². The van der Waals surface area contributed by atoms with Crippen LogP contribution < -0.4 is 5.56 Å². The Bertz CT molecular complexity index is 613. The first-order valence-electron chi connectivity index (χ1n) is 4.44. The van der Waals surface area contributed by atoms with Crippen LogP contribution in [0.3, 0.4) is 0 Å². The molecule has 0 spiro atoms. The van der Waals surface area contributed by atoms with Gasteiger partial charge in [-0.25, -0.2) is 9.97 Å². The van der Waals surface area contributed by atoms with Gasteiger partial charge < -0.3 is 9.97 Å². The lowest BCUT2D eigenvalue weighted by Gasteiger charge is -1.84. The van der Waals surface area contributed by atoms with Crippen LogP contribution in [-0.4, -0.2) is 25.7 Å². The monoisotopic (exact) mass is 236 g/mol. The lowest BCUT2D eigenvalue weighted by atomic mass is 10.5. The van der Waals surface area contributed by atoms with E-state index < -0.39 is 0 Å². The normalized spacial score (nSPS) is 11.3. The van der Waals surface area contributed by atoms with E-state index in [2.05, 4.69) is 19.9 Å². The molecule has 2 heterocycles. The van der Waals surface area contributed by atoms with E-state index in [1.165, 1.54) is 31.1 Å². The molecule has 0 saturated carbocycles. The van der Waals surface area contributed by atoms with Crippen molar-refractivity contribution in [2.24, 2.45) is 0 Å². The Balaban J connectivity index is 2.30. The van der Waals surface area contributed by atoms with Crippen LogP contribution >= 0.6 is 11.8 Å². The van der Waals surface area contributed by atoms with E-state index in [0.29, 0.717) is 16.3 Å². The van der Waals surface area contributed by atoms with E-state index in [9.17, 15) is 9.59 Å². The fourth-order valence-electron chi connectivity index (χ4n) is 1.07. The molecule has 0 unspecified atom stereocenters. The van der Waals surface area contributed by atoms with Crippen molar-refractivity contribution in [3.05, 3.63) is 28.2 Å². The molecule has 7 heteroatoms. The van der Waals surface area contributed by atoms with Gasteiger partial charge in [0, 0.05) is 0 Å². The number of hydrogen-bond donors (Lipinski definition) is 2. The van der Waals surface area contributed by atoms with Crippen molar-refractivity contribution >= 4 is 28.7 Å². The third kappa shape index (κ3) is 2.19. The average molecular weight is 236 g/mol. The quantitative estimate of drug-likeness (QED) is 0.608. The van der Waals surface area contributed by atoms with Gasteiger partial charge in [-0.3, -0.25) is 9.59 Å². The number of nitrogens with zero attached hydrogens (tertiary/aromatic N) is 2. The molecule has 2 aromatic heterocycles. The van der Waals surface area contributed by atoms with Crippen LogP contribution in [0, 0.1) is 0 Å². The SMILES string of the molecule is CC(=O)C=CSc1nc2nc[nH]c(=O)c2[nH]1. The Morgan fingerprint density at radius 1 is 1.56 bits per heavy atom. The summed E-state index contributed by atoms with van der Waals surface area (Å²) in [5, 5.41) is 2.13. The Morgan fingerprint density at radius 3 is 3.06 bits per heavy atom. The highest BCUT2D eigenvalue weighted by atomic mass is 32.2. The maximum absolute atomic E-state index is 11.3. The van der Waals surface area contributed by atoms with Crippen LogP contribution in [0.2, 0.25) is 0 Å². The van der Waals surface area contributed by atoms with Gasteiger partial charge in [-0.2, -0.15) is 0 Å². The highest BCUT2D eigenvalue weighted by Crippen LogP contribution is 2.16. The van der Waals surface area contributed by atoms with Crippen LogP contribution in [0.4, 0.5) is 0 Å². The van der Waals surface area contributed by atoms with Gasteiger partial charge in [0.05, 0.1) is 6.33 Å². The average Bonchev–Trinajstić information content (AvgIpc) is 2.61. The Hall–Kier alpha value is -1.89. The number of ketones is 1. The fourth-order valence-corrected chi connectivity index (χ4v) is 1.76. The van der Waals surface area contributed by atoms with Gasteiger partial charge >= 0.3 is 0 Å². The lowest BCUT2D eigenvalue weighted by Crippen LogP contribution is -2.05. The highest BCUT2D eigenvalue weighted by Gasteiger charge is 2.05. The van der Waals surface area contributed by atoms with Crippen LogP contribution in [0.5, 0.6) is 0 Å². The van der Waals surface area contributed by atoms with Crippen LogP contribution in [-0.2, 0) is 4.79 Å². The zero-order valence-electron chi connectivity index (χ0n) is 8.35. The minimum atomic E-state index is -0.264. The molecular weight excluding hydrogens is 228 g/mol. The maximum Gasteiger partial charge on any atom is 0.276 e. The van der Waals surface area contributed by atoms with E-state index in [0.717, 1.165) is 0 Å². The minimum absolute atomic E-state index is 0.0421. The van der Waals surface area contributed by atoms with Crippen molar-refractivity contribution in [2.75, 3.05) is 0 Å². The minimum Gasteiger partial charge on any atom is -0.327 e. The third-order valence-electron chi connectivity index (χ3n) is 1.75. The second-order valence-electron chi connectivity index (χ2n) is 3.00. The van der Waals surface area contributed by atoms with E-state index in [4.69, 9.17) is 0 Å². The van der Waals surface area contributed by atoms with E-state index in [1.54, 1.807) is 5.41 Å². The molecule has 0 aliphatic rings. The molecule has 0 saturated heterocycles. The topological polar surface area (TPSA) is 91.5 Å². The number of imidazole rings is 1. The fraction of sp³-hybridized carbons (Fsp3) is 0.111. The van der Waals surface area contributed by atoms with Gasteiger partial charge in [-0.05, 0) is 18.4 Å². The molecule has 0 aliphatic heterocycles. The zero-order chi connectivity index (χ0) is 11.5. The Labute approximate surface area is 94.2 Å². The number of nitrogens with one attached hydrogen (secondary N) is 2. The summed E-state index contributed by atoms with van der Waals surface area (Å²) >= 11 is 1.22. The lowest BCUT2D eigenvalue weighted by molar-refractivity contribution is -0.112. The smallest absolute Gasteiger partial charge is 0.276 e. The number of aromatic nitrogens is 4. The van der Waals surface area contributed by atoms with Gasteiger partial charge in [0.25, 0.3) is 5.56 Å². The second kappa shape index (κ2) is 4.31. The van der Waals surface area contributed by atoms with Gasteiger partial charge in [0.15, 0.2) is 22.1 Å². The van der Waals surface area contributed by atoms with Crippen LogP contribution in [0.1, 0.15) is 6.92 Å². The number of fused-ring (bicyclic) bond motifs is 1. The molecule has 0 aromatic carbocycles. The van der Waals surface area contributed by atoms with Gasteiger partial charge in [-0.1, -0.05) is 11.8 Å². The predicted octanol–water partition coefficient (Wildman–Crippen LogP) is 0.841. The van der Waals surface area contributed by atoms with E-state index >= 15 is 0 Å². The first kappa shape index (κ1) is 10.6. The number of hydrogen-bond acceptors (Lipinski definition) is 5. The molecule has 2 aromatic rings. The van der Waals surface area contributed by atoms with E-state index in [1.807, 2.05) is 0 Å². The predicted molar refractivity (Wildman–Crippen MR) is 60.2 cm³/mol. The van der Waals surface area contributed by atoms with Crippen molar-refractivity contribution in [2.45, 2.75) is 12.1 Å². The standard InChI is InChI=1S/C9H8N4O2S/c1-5(14)2-3-16-9-12-6-7(13-9)10-4-11-8(6)15/h2-4H,1H3,(H2,10,11,12,13,15). The Morgan fingerprint density at radius 2 is 2.38 bits per heavy atom. The van der Waals surface area contributed by atoms with Crippen molar-refractivity contribution in [3.8, 4) is 0 Å². The molecule has 2 rings (SSSR count). The largest absolute Gasteiger partial charge is 0.327 e. The molecule has 0 radical (unpaired) electrons. The number of carbonyl (C=O) groups is 1. The summed E-state index contributed by atoms with van der Waals surface area (Å²) in [5.74, 6) is -0.0421. The highest BCUT2D eigenvalue weighted by molar-refractivity contribution is 8.02. The first-order valence-corrected chi connectivity index (χ1v) is 5.32. The summed E-state index contributed by atoms with van der Waals surface area (Å²) in [6, 6.07) is 0. The summed E-state index contributed by atoms with van der Waals surface area (Å²) in [7, 11) is 0. The number of aromatic amines is 2. The molecule has 16 heavy (non-hydrogen) atoms. The summed E-state index contributed by atoms with van der Waals surface area (Å²) in [5.41, 5.74) is 0.434. The summed E-state index contributed by atoms with van der Waals surface area (Å²) in [6.45, 7) is 1.46. The first-order chi connectivity index (χ1) is 7.66. The number of carbonyl (C=O) groups excluding carboxylic acids is 1. The van der Waals surface area contributed by atoms with Crippen molar-refractivity contribution in [3.63, 3.8) is 0 Å². The van der Waals surface area contributed by atoms with Crippen LogP contribution in [0.25, 0.3) is 11.2 Å². The molecule has 0 atom stereocenters. The van der Waals surface area contributed by atoms with Crippen LogP contribution in [0.15, 0.2) is 27.8 Å². The van der Waals surface area contributed by atoms with Crippen molar-refractivity contribution < 1.29 is 4.79 Å². The molecule has 0 bridgehead atoms. The molecule has 6 nitrogen and oxygen atoms in total. The van der Waals surface area contributed by atoms with Crippen molar-refractivity contribution in [1.29, 1.82) is 0 Å². The maximum atomic E-state index is 11.3. The molecule has 2 N–H and O–H groups in total. The molecule has 0 fully saturated rings.